The van der Waals surface area contributed by atoms with E-state index in [1.54, 1.807) is 12.1 Å². The van der Waals surface area contributed by atoms with Crippen LogP contribution in [0, 0.1) is 27.7 Å². The summed E-state index contributed by atoms with van der Waals surface area (Å²) >= 11 is 0. The van der Waals surface area contributed by atoms with Crippen LogP contribution in [-0.2, 0) is 52.5 Å². The molecule has 0 amide bonds. The highest BCUT2D eigenvalue weighted by atomic mass is 31.1. The lowest BCUT2D eigenvalue weighted by Crippen LogP contribution is -2.21. The fourth-order valence-electron chi connectivity index (χ4n) is 12.4. The van der Waals surface area contributed by atoms with Gasteiger partial charge in [0, 0.05) is 22.3 Å². The molecule has 0 fully saturated rings. The van der Waals surface area contributed by atoms with Gasteiger partial charge in [0.15, 0.2) is 5.75 Å². The summed E-state index contributed by atoms with van der Waals surface area (Å²) in [6, 6.07) is 26.5. The Balaban J connectivity index is 2.30. The van der Waals surface area contributed by atoms with E-state index >= 15 is 0 Å². The smallest absolute Gasteiger partial charge is 0.398 e. The summed E-state index contributed by atoms with van der Waals surface area (Å²) < 4.78 is 39.4. The zero-order valence-electron chi connectivity index (χ0n) is 54.4. The van der Waals surface area contributed by atoms with E-state index in [1.807, 2.05) is 12.1 Å². The summed E-state index contributed by atoms with van der Waals surface area (Å²) in [7, 11) is -6.26. The Morgan fingerprint density at radius 1 is 0.300 bits per heavy atom. The van der Waals surface area contributed by atoms with Crippen LogP contribution in [0.3, 0.4) is 0 Å². The van der Waals surface area contributed by atoms with Crippen LogP contribution in [0.5, 0.6) is 11.5 Å². The second kappa shape index (κ2) is 21.7. The van der Waals surface area contributed by atoms with Gasteiger partial charge in [-0.3, -0.25) is 9.79 Å². The molecule has 6 nitrogen and oxygen atoms in total. The van der Waals surface area contributed by atoms with Crippen molar-refractivity contribution in [1.29, 1.82) is 0 Å². The fraction of sp³-hybridized carbons (Fsp3) is 0.500. The van der Waals surface area contributed by atoms with E-state index in [4.69, 9.17) is 9.05 Å². The molecule has 432 valence electrons. The van der Waals surface area contributed by atoms with Crippen LogP contribution in [0.1, 0.15) is 233 Å². The summed E-state index contributed by atoms with van der Waals surface area (Å²) in [4.78, 5) is 22.0. The molecule has 0 aliphatic carbocycles. The van der Waals surface area contributed by atoms with Crippen LogP contribution < -0.4 is 9.05 Å². The standard InChI is InChI=1S/C72H98O6P2/c1-41-33-47(55(69(17,18)19)37-51(41)65(5,6)7)60-59(45-29-31-46(32-30-45)77-79(73)74)61(48-34-42(2)52(66(8,9)10)38-56(48)70(20,21)22)63(50-36-44(4)54(68(14,15)16)40-58(50)72(26,27)28)64(78-80(75)76)62(60)49-35-43(3)53(67(11,12)13)39-57(49)71(23,24)25/h29-40H,1-28H3,(H,73,74)(H,75,76). The molecule has 0 heterocycles. The van der Waals surface area contributed by atoms with Crippen molar-refractivity contribution in [3.63, 3.8) is 0 Å². The molecule has 0 saturated carbocycles. The van der Waals surface area contributed by atoms with Gasteiger partial charge in [-0.1, -0.05) is 227 Å². The Morgan fingerprint density at radius 2 is 0.525 bits per heavy atom. The average molecular weight is 1120 g/mol. The van der Waals surface area contributed by atoms with E-state index < -0.39 is 38.2 Å². The van der Waals surface area contributed by atoms with Gasteiger partial charge in [-0.15, -0.1) is 0 Å². The van der Waals surface area contributed by atoms with E-state index in [0.717, 1.165) is 100 Å². The second-order valence-electron chi connectivity index (χ2n) is 31.2. The highest BCUT2D eigenvalue weighted by molar-refractivity contribution is 7.32. The van der Waals surface area contributed by atoms with Gasteiger partial charge in [-0.05, 0) is 183 Å². The molecule has 8 heteroatoms. The molecule has 6 aromatic carbocycles. The molecule has 2 unspecified atom stereocenters. The molecule has 2 atom stereocenters. The van der Waals surface area contributed by atoms with E-state index in [1.165, 1.54) is 22.3 Å². The highest BCUT2D eigenvalue weighted by Crippen LogP contribution is 2.62. The van der Waals surface area contributed by atoms with Crippen molar-refractivity contribution in [1.82, 2.24) is 0 Å². The lowest BCUT2D eigenvalue weighted by Gasteiger charge is -2.37. The van der Waals surface area contributed by atoms with Crippen LogP contribution in [0.15, 0.2) is 72.8 Å². The summed E-state index contributed by atoms with van der Waals surface area (Å²) in [5, 5.41) is 0. The topological polar surface area (TPSA) is 93.1 Å². The quantitative estimate of drug-likeness (QED) is 0.140. The minimum absolute atomic E-state index is 0.204. The molecular weight excluding hydrogens is 1020 g/mol. The maximum absolute atomic E-state index is 14.5. The van der Waals surface area contributed by atoms with Gasteiger partial charge in [0.05, 0.1) is 0 Å². The van der Waals surface area contributed by atoms with Crippen LogP contribution in [0.25, 0.3) is 55.6 Å². The lowest BCUT2D eigenvalue weighted by atomic mass is 9.67. The SMILES string of the molecule is Cc1cc(-c2c(O[P](=O)O)c(-c3cc(C)c(C(C)(C)C)cc3C(C)(C)C)c(-c3cc(C)c(C(C)(C)C)cc3C(C)(C)C)c(-c3ccc(O[P](=O)O)cc3)c2-c2cc(C)c(C(C)(C)C)cc2C(C)(C)C)c(C(C)(C)C)cc1C(C)(C)C. The first kappa shape index (κ1) is 64.2. The molecule has 0 aliphatic heterocycles. The summed E-state index contributed by atoms with van der Waals surface area (Å²) in [6.45, 7) is 63.1. The molecule has 6 rings (SSSR count). The Bertz CT molecular complexity index is 3220. The van der Waals surface area contributed by atoms with Crippen molar-refractivity contribution >= 4 is 16.5 Å². The minimum Gasteiger partial charge on any atom is -0.398 e. The molecule has 80 heavy (non-hydrogen) atoms. The third-order valence-electron chi connectivity index (χ3n) is 15.9. The lowest BCUT2D eigenvalue weighted by molar-refractivity contribution is 0.409. The molecule has 0 aliphatic rings. The van der Waals surface area contributed by atoms with Crippen molar-refractivity contribution in [3.8, 4) is 67.1 Å². The normalized spacial score (nSPS) is 13.7. The summed E-state index contributed by atoms with van der Waals surface area (Å²) in [6.07, 6.45) is 0. The Morgan fingerprint density at radius 3 is 0.738 bits per heavy atom. The molecule has 0 bridgehead atoms. The first-order chi connectivity index (χ1) is 36.1. The van der Waals surface area contributed by atoms with Crippen molar-refractivity contribution in [2.75, 3.05) is 0 Å². The second-order valence-corrected chi connectivity index (χ2v) is 32.6. The van der Waals surface area contributed by atoms with Crippen molar-refractivity contribution in [2.45, 2.75) is 237 Å². The molecule has 6 aromatic rings. The largest absolute Gasteiger partial charge is 0.426 e. The van der Waals surface area contributed by atoms with Gasteiger partial charge in [0.25, 0.3) is 0 Å². The van der Waals surface area contributed by atoms with E-state index in [2.05, 4.69) is 242 Å². The Labute approximate surface area is 485 Å². The third-order valence-corrected chi connectivity index (χ3v) is 16.7. The van der Waals surface area contributed by atoms with E-state index in [9.17, 15) is 18.9 Å². The zero-order chi connectivity index (χ0) is 60.9. The van der Waals surface area contributed by atoms with Crippen molar-refractivity contribution in [3.05, 3.63) is 140 Å². The van der Waals surface area contributed by atoms with E-state index in [-0.39, 0.29) is 27.4 Å². The predicted octanol–water partition coefficient (Wildman–Crippen LogP) is 21.7. The van der Waals surface area contributed by atoms with Gasteiger partial charge in [0.2, 0.25) is 0 Å². The number of benzene rings is 6. The van der Waals surface area contributed by atoms with Gasteiger partial charge in [0.1, 0.15) is 5.75 Å². The van der Waals surface area contributed by atoms with E-state index in [0.29, 0.717) is 5.75 Å². The van der Waals surface area contributed by atoms with Crippen LogP contribution in [-0.4, -0.2) is 9.79 Å². The maximum Gasteiger partial charge on any atom is 0.426 e. The highest BCUT2D eigenvalue weighted by Gasteiger charge is 2.40. The monoisotopic (exact) mass is 1120 g/mol. The summed E-state index contributed by atoms with van der Waals surface area (Å²) in [5.41, 5.74) is 19.8. The fourth-order valence-corrected chi connectivity index (χ4v) is 13.0. The maximum atomic E-state index is 14.5. The molecule has 2 radical (unpaired) electrons. The third kappa shape index (κ3) is 13.3. The first-order valence-corrected chi connectivity index (χ1v) is 31.0. The molecule has 0 spiro atoms. The predicted molar refractivity (Wildman–Crippen MR) is 343 cm³/mol. The van der Waals surface area contributed by atoms with Gasteiger partial charge in [-0.2, -0.15) is 0 Å². The molecule has 0 aromatic heterocycles. The summed E-state index contributed by atoms with van der Waals surface area (Å²) in [5.74, 6) is 0.586. The molecule has 0 saturated heterocycles. The van der Waals surface area contributed by atoms with Gasteiger partial charge < -0.3 is 9.05 Å². The number of hydrogen-bond acceptors (Lipinski definition) is 4. The van der Waals surface area contributed by atoms with Crippen LogP contribution in [0.4, 0.5) is 0 Å². The minimum atomic E-state index is -3.30. The Hall–Kier alpha value is -4.96. The van der Waals surface area contributed by atoms with Crippen LogP contribution in [0.2, 0.25) is 0 Å². The number of rotatable bonds is 9. The molecule has 2 N–H and O–H groups in total. The first-order valence-electron chi connectivity index (χ1n) is 28.7. The average Bonchev–Trinajstić information content (AvgIpc) is 3.24. The van der Waals surface area contributed by atoms with Crippen LogP contribution >= 0.6 is 16.5 Å². The zero-order valence-corrected chi connectivity index (χ0v) is 56.1. The van der Waals surface area contributed by atoms with Crippen molar-refractivity contribution in [2.24, 2.45) is 0 Å². The molecular formula is C72H98O6P2. The van der Waals surface area contributed by atoms with Gasteiger partial charge >= 0.3 is 16.5 Å². The number of aryl methyl sites for hydroxylation is 4. The number of hydrogen-bond donors (Lipinski definition) is 2. The Kier molecular flexibility index (Phi) is 17.4. The van der Waals surface area contributed by atoms with Gasteiger partial charge in [-0.25, -0.2) is 9.13 Å². The van der Waals surface area contributed by atoms with Crippen molar-refractivity contribution < 1.29 is 28.0 Å².